The molecule has 2 amide bonds. The van der Waals surface area contributed by atoms with Crippen molar-refractivity contribution < 1.29 is 18.4 Å². The Kier molecular flexibility index (Phi) is 6.45. The molecule has 188 valence electrons. The molecule has 3 fully saturated rings. The normalized spacial score (nSPS) is 22.5. The highest BCUT2D eigenvalue weighted by Crippen LogP contribution is 2.40. The van der Waals surface area contributed by atoms with Gasteiger partial charge < -0.3 is 30.9 Å². The molecule has 4 N–H and O–H groups in total. The van der Waals surface area contributed by atoms with Crippen molar-refractivity contribution in [1.82, 2.24) is 20.8 Å². The van der Waals surface area contributed by atoms with E-state index in [2.05, 4.69) is 31.0 Å². The number of carbonyl (C=O) groups is 2. The average molecular weight is 505 g/mol. The fraction of sp³-hybridized carbons (Fsp3) is 0.500. The number of amides is 2. The zero-order valence-corrected chi connectivity index (χ0v) is 20.3. The minimum absolute atomic E-state index is 0. The molecule has 35 heavy (non-hydrogen) atoms. The number of anilines is 4. The van der Waals surface area contributed by atoms with Gasteiger partial charge in [-0.15, -0.1) is 22.6 Å². The minimum atomic E-state index is -2.70. The molecule has 1 saturated carbocycles. The monoisotopic (exact) mass is 504 g/mol. The standard InChI is InChI=1S/C24H31N7O3.ClH/c1-25-24(33)21-18(10-20(29-30-21)28-23(32)14-6-7-14)27-17-4-3-5-19(22(17)34-2)31-9-8-15-11-26-12-16(15)13-31;/h3-5,10,14-16,26H,6-9,11-13H2,1-2H3,(H,25,33)(H2,27,28,29,32);1H/i1D3;. The first-order valence-corrected chi connectivity index (χ1v) is 11.6. The summed E-state index contributed by atoms with van der Waals surface area (Å²) in [5, 5.41) is 19.2. The van der Waals surface area contributed by atoms with Crippen molar-refractivity contribution in [3.8, 4) is 5.75 Å². The molecule has 2 aliphatic heterocycles. The van der Waals surface area contributed by atoms with Crippen molar-refractivity contribution >= 4 is 47.1 Å². The van der Waals surface area contributed by atoms with Gasteiger partial charge in [-0.05, 0) is 56.3 Å². The Bertz CT molecular complexity index is 1200. The van der Waals surface area contributed by atoms with Gasteiger partial charge in [0.05, 0.1) is 24.2 Å². The Morgan fingerprint density at radius 2 is 2.00 bits per heavy atom. The third kappa shape index (κ3) is 5.28. The highest BCUT2D eigenvalue weighted by Gasteiger charge is 2.34. The van der Waals surface area contributed by atoms with Crippen molar-refractivity contribution in [1.29, 1.82) is 0 Å². The van der Waals surface area contributed by atoms with E-state index in [1.54, 1.807) is 13.2 Å². The molecular weight excluding hydrogens is 470 g/mol. The van der Waals surface area contributed by atoms with Gasteiger partial charge in [0.2, 0.25) is 5.91 Å². The van der Waals surface area contributed by atoms with E-state index in [4.69, 9.17) is 8.85 Å². The lowest BCUT2D eigenvalue weighted by Gasteiger charge is -2.37. The first kappa shape index (κ1) is 21.2. The summed E-state index contributed by atoms with van der Waals surface area (Å²) in [5.41, 5.74) is 1.47. The van der Waals surface area contributed by atoms with Gasteiger partial charge in [0.25, 0.3) is 5.91 Å². The number of nitrogens with one attached hydrogen (secondary N) is 4. The quantitative estimate of drug-likeness (QED) is 0.453. The van der Waals surface area contributed by atoms with Crippen molar-refractivity contribution in [2.45, 2.75) is 19.3 Å². The van der Waals surface area contributed by atoms with Crippen molar-refractivity contribution in [3.63, 3.8) is 0 Å². The van der Waals surface area contributed by atoms with E-state index < -0.39 is 12.9 Å². The highest BCUT2D eigenvalue weighted by atomic mass is 35.5. The van der Waals surface area contributed by atoms with Crippen LogP contribution in [0.2, 0.25) is 0 Å². The number of para-hydroxylation sites is 1. The number of aromatic nitrogens is 2. The van der Waals surface area contributed by atoms with Crippen LogP contribution in [0.1, 0.15) is 33.9 Å². The van der Waals surface area contributed by atoms with E-state index in [1.165, 1.54) is 6.07 Å². The lowest BCUT2D eigenvalue weighted by Crippen LogP contribution is -2.40. The molecule has 2 unspecified atom stereocenters. The maximum atomic E-state index is 12.8. The molecule has 11 heteroatoms. The van der Waals surface area contributed by atoms with Crippen molar-refractivity contribution in [2.24, 2.45) is 17.8 Å². The van der Waals surface area contributed by atoms with Crippen molar-refractivity contribution in [2.75, 3.05) is 55.8 Å². The second-order valence-electron chi connectivity index (χ2n) is 9.11. The maximum absolute atomic E-state index is 12.8. The number of rotatable bonds is 7. The second kappa shape index (κ2) is 10.7. The number of hydrogen-bond acceptors (Lipinski definition) is 8. The number of nitrogens with zero attached hydrogens (tertiary/aromatic N) is 3. The Hall–Kier alpha value is -3.11. The van der Waals surface area contributed by atoms with Gasteiger partial charge in [0, 0.05) is 36.2 Å². The average Bonchev–Trinajstić information content (AvgIpc) is 3.60. The third-order valence-corrected chi connectivity index (χ3v) is 6.83. The summed E-state index contributed by atoms with van der Waals surface area (Å²) in [7, 11) is 1.59. The van der Waals surface area contributed by atoms with E-state index in [0.717, 1.165) is 51.1 Å². The Balaban J connectivity index is 0.00000336. The smallest absolute Gasteiger partial charge is 0.273 e. The van der Waals surface area contributed by atoms with Gasteiger partial charge in [-0.25, -0.2) is 0 Å². The third-order valence-electron chi connectivity index (χ3n) is 6.83. The number of piperidine rings is 1. The summed E-state index contributed by atoms with van der Waals surface area (Å²) in [5.74, 6) is 0.894. The summed E-state index contributed by atoms with van der Waals surface area (Å²) >= 11 is 0. The molecule has 1 aromatic heterocycles. The van der Waals surface area contributed by atoms with E-state index in [1.807, 2.05) is 17.4 Å². The Labute approximate surface area is 215 Å². The molecule has 0 spiro atoms. The second-order valence-corrected chi connectivity index (χ2v) is 9.11. The zero-order valence-electron chi connectivity index (χ0n) is 22.5. The molecule has 5 rings (SSSR count). The van der Waals surface area contributed by atoms with Crippen LogP contribution < -0.4 is 30.9 Å². The molecule has 3 heterocycles. The number of carbonyl (C=O) groups excluding carboxylic acids is 2. The molecule has 1 aliphatic carbocycles. The highest BCUT2D eigenvalue weighted by molar-refractivity contribution is 6.00. The van der Waals surface area contributed by atoms with Crippen LogP contribution in [0.5, 0.6) is 5.75 Å². The Morgan fingerprint density at radius 1 is 1.17 bits per heavy atom. The fourth-order valence-electron chi connectivity index (χ4n) is 4.83. The van der Waals surface area contributed by atoms with Gasteiger partial charge >= 0.3 is 0 Å². The fourth-order valence-corrected chi connectivity index (χ4v) is 4.83. The lowest BCUT2D eigenvalue weighted by atomic mass is 9.88. The van der Waals surface area contributed by atoms with Crippen LogP contribution in [0.4, 0.5) is 22.9 Å². The molecule has 3 aliphatic rings. The predicted octanol–water partition coefficient (Wildman–Crippen LogP) is 2.40. The van der Waals surface area contributed by atoms with Crippen molar-refractivity contribution in [3.05, 3.63) is 30.0 Å². The van der Waals surface area contributed by atoms with Crippen LogP contribution in [0.15, 0.2) is 24.3 Å². The summed E-state index contributed by atoms with van der Waals surface area (Å²) in [6.07, 6.45) is 2.74. The maximum Gasteiger partial charge on any atom is 0.273 e. The summed E-state index contributed by atoms with van der Waals surface area (Å²) < 4.78 is 28.0. The molecule has 0 bridgehead atoms. The number of hydrogen-bond donors (Lipinski definition) is 4. The van der Waals surface area contributed by atoms with Gasteiger partial charge in [0.15, 0.2) is 17.3 Å². The van der Waals surface area contributed by atoms with Crippen LogP contribution in [0.25, 0.3) is 0 Å². The first-order chi connectivity index (χ1) is 17.7. The summed E-state index contributed by atoms with van der Waals surface area (Å²) in [6, 6.07) is 7.18. The van der Waals surface area contributed by atoms with E-state index in [9.17, 15) is 9.59 Å². The molecular formula is C24H32ClN7O3. The predicted molar refractivity (Wildman–Crippen MR) is 137 cm³/mol. The van der Waals surface area contributed by atoms with Crippen LogP contribution in [0.3, 0.4) is 0 Å². The van der Waals surface area contributed by atoms with Crippen LogP contribution in [-0.2, 0) is 4.79 Å². The van der Waals surface area contributed by atoms with Crippen LogP contribution in [-0.4, -0.2) is 62.3 Å². The minimum Gasteiger partial charge on any atom is -0.492 e. The van der Waals surface area contributed by atoms with Crippen LogP contribution >= 0.6 is 12.4 Å². The number of fused-ring (bicyclic) bond motifs is 1. The van der Waals surface area contributed by atoms with Gasteiger partial charge in [0.1, 0.15) is 0 Å². The lowest BCUT2D eigenvalue weighted by molar-refractivity contribution is -0.117. The largest absolute Gasteiger partial charge is 0.492 e. The number of benzene rings is 1. The summed E-state index contributed by atoms with van der Waals surface area (Å²) in [4.78, 5) is 27.3. The zero-order chi connectivity index (χ0) is 26.2. The molecule has 2 saturated heterocycles. The number of methoxy groups -OCH3 is 1. The van der Waals surface area contributed by atoms with E-state index in [-0.39, 0.29) is 41.4 Å². The molecule has 2 atom stereocenters. The summed E-state index contributed by atoms with van der Waals surface area (Å²) in [6.45, 7) is 1.18. The Morgan fingerprint density at radius 3 is 2.77 bits per heavy atom. The van der Waals surface area contributed by atoms with Gasteiger partial charge in [-0.2, -0.15) is 0 Å². The number of halogens is 1. The van der Waals surface area contributed by atoms with E-state index >= 15 is 0 Å². The van der Waals surface area contributed by atoms with Gasteiger partial charge in [-0.1, -0.05) is 6.07 Å². The molecule has 0 radical (unpaired) electrons. The molecule has 2 aromatic rings. The first-order valence-electron chi connectivity index (χ1n) is 13.1. The van der Waals surface area contributed by atoms with Crippen LogP contribution in [0, 0.1) is 17.8 Å². The SMILES string of the molecule is Cl.[2H]C([2H])([2H])NC(=O)c1nnc(NC(=O)C2CC2)cc1Nc1cccc(N2CCC3CNCC3C2)c1OC. The van der Waals surface area contributed by atoms with Gasteiger partial charge in [-0.3, -0.25) is 9.59 Å². The van der Waals surface area contributed by atoms with E-state index in [0.29, 0.717) is 23.3 Å². The topological polar surface area (TPSA) is 121 Å². The number of ether oxygens (including phenoxy) is 1. The molecule has 10 nitrogen and oxygen atoms in total. The molecule has 1 aromatic carbocycles.